The monoisotopic (exact) mass is 825 g/mol. The molecule has 0 radical (unpaired) electrons. The van der Waals surface area contributed by atoms with E-state index in [-0.39, 0.29) is 0 Å². The molecule has 0 amide bonds. The molecule has 12 rings (SSSR count). The second-order valence-corrected chi connectivity index (χ2v) is 16.9. The maximum Gasteiger partial charge on any atom is 0.0546 e. The Balaban J connectivity index is 1.02. The summed E-state index contributed by atoms with van der Waals surface area (Å²) in [5.74, 6) is 0. The van der Waals surface area contributed by atoms with Gasteiger partial charge in [0.05, 0.1) is 5.69 Å². The first kappa shape index (κ1) is 38.2. The molecule has 0 N–H and O–H groups in total. The van der Waals surface area contributed by atoms with Crippen LogP contribution in [0, 0.1) is 0 Å². The Morgan fingerprint density at radius 2 is 0.600 bits per heavy atom. The zero-order valence-electron chi connectivity index (χ0n) is 35.8. The van der Waals surface area contributed by atoms with Gasteiger partial charge in [-0.25, -0.2) is 0 Å². The molecule has 0 spiro atoms. The van der Waals surface area contributed by atoms with Crippen LogP contribution in [0.4, 0.5) is 17.1 Å². The van der Waals surface area contributed by atoms with Crippen molar-refractivity contribution >= 4 is 60.2 Å². The fourth-order valence-electron chi connectivity index (χ4n) is 9.71. The summed E-state index contributed by atoms with van der Waals surface area (Å²) < 4.78 is 0. The highest BCUT2D eigenvalue weighted by atomic mass is 15.1. The summed E-state index contributed by atoms with van der Waals surface area (Å²) in [7, 11) is 0. The molecule has 1 heteroatoms. The van der Waals surface area contributed by atoms with Crippen molar-refractivity contribution in [3.63, 3.8) is 0 Å². The van der Waals surface area contributed by atoms with Crippen molar-refractivity contribution in [2.45, 2.75) is 0 Å². The highest BCUT2D eigenvalue weighted by molar-refractivity contribution is 6.00. The number of rotatable bonds is 8. The lowest BCUT2D eigenvalue weighted by Crippen LogP contribution is -2.11. The van der Waals surface area contributed by atoms with Crippen molar-refractivity contribution < 1.29 is 0 Å². The summed E-state index contributed by atoms with van der Waals surface area (Å²) in [5, 5.41) is 9.91. The van der Waals surface area contributed by atoms with Gasteiger partial charge >= 0.3 is 0 Å². The lowest BCUT2D eigenvalue weighted by Gasteiger charge is -2.29. The van der Waals surface area contributed by atoms with Gasteiger partial charge in [-0.15, -0.1) is 0 Å². The molecule has 0 unspecified atom stereocenters. The normalized spacial score (nSPS) is 11.4. The van der Waals surface area contributed by atoms with Crippen LogP contribution < -0.4 is 4.90 Å². The second-order valence-electron chi connectivity index (χ2n) is 16.9. The molecule has 1 nitrogen and oxygen atoms in total. The molecule has 0 atom stereocenters. The van der Waals surface area contributed by atoms with E-state index < -0.39 is 0 Å². The number of fused-ring (bicyclic) bond motifs is 4. The molecule has 0 aromatic heterocycles. The van der Waals surface area contributed by atoms with Crippen LogP contribution in [0.25, 0.3) is 98.7 Å². The van der Waals surface area contributed by atoms with Gasteiger partial charge in [-0.05, 0) is 142 Å². The van der Waals surface area contributed by atoms with Crippen LogP contribution in [0.2, 0.25) is 0 Å². The number of nitrogens with zero attached hydrogens (tertiary/aromatic N) is 1. The molecule has 0 saturated carbocycles. The third-order valence-electron chi connectivity index (χ3n) is 13.0. The van der Waals surface area contributed by atoms with E-state index in [0.29, 0.717) is 0 Å². The predicted molar refractivity (Wildman–Crippen MR) is 278 cm³/mol. The average molecular weight is 826 g/mol. The zero-order valence-corrected chi connectivity index (χ0v) is 35.8. The molecule has 0 aliphatic rings. The molecule has 12 aromatic rings. The predicted octanol–water partition coefficient (Wildman–Crippen LogP) is 18.1. The van der Waals surface area contributed by atoms with E-state index in [2.05, 4.69) is 266 Å². The van der Waals surface area contributed by atoms with Crippen molar-refractivity contribution in [2.75, 3.05) is 4.90 Å². The first-order valence-corrected chi connectivity index (χ1v) is 22.4. The highest BCUT2D eigenvalue weighted by Crippen LogP contribution is 2.45. The third-order valence-corrected chi connectivity index (χ3v) is 13.0. The van der Waals surface area contributed by atoms with Gasteiger partial charge in [-0.2, -0.15) is 0 Å². The van der Waals surface area contributed by atoms with Gasteiger partial charge in [0.2, 0.25) is 0 Å². The van der Waals surface area contributed by atoms with Gasteiger partial charge in [0.25, 0.3) is 0 Å². The van der Waals surface area contributed by atoms with Gasteiger partial charge in [0, 0.05) is 16.9 Å². The average Bonchev–Trinajstić information content (AvgIpc) is 3.38. The number of anilines is 3. The van der Waals surface area contributed by atoms with Crippen LogP contribution in [0.3, 0.4) is 0 Å². The molecule has 0 bridgehead atoms. The third kappa shape index (κ3) is 7.20. The summed E-state index contributed by atoms with van der Waals surface area (Å²) in [6.45, 7) is 0. The van der Waals surface area contributed by atoms with E-state index in [9.17, 15) is 0 Å². The lowest BCUT2D eigenvalue weighted by molar-refractivity contribution is 1.28. The lowest BCUT2D eigenvalue weighted by atomic mass is 9.94. The Kier molecular flexibility index (Phi) is 9.58. The molecule has 304 valence electrons. The number of hydrogen-bond acceptors (Lipinski definition) is 1. The minimum Gasteiger partial charge on any atom is -0.310 e. The summed E-state index contributed by atoms with van der Waals surface area (Å²) in [5.41, 5.74) is 15.2. The largest absolute Gasteiger partial charge is 0.310 e. The van der Waals surface area contributed by atoms with E-state index >= 15 is 0 Å². The molecular formula is C64H43N. The summed E-state index contributed by atoms with van der Waals surface area (Å²) in [6.07, 6.45) is 0. The molecule has 65 heavy (non-hydrogen) atoms. The smallest absolute Gasteiger partial charge is 0.0546 e. The Morgan fingerprint density at radius 3 is 1.23 bits per heavy atom. The van der Waals surface area contributed by atoms with Gasteiger partial charge in [-0.1, -0.05) is 212 Å². The molecule has 12 aromatic carbocycles. The number of hydrogen-bond donors (Lipinski definition) is 0. The molecule has 0 saturated heterocycles. The Morgan fingerprint density at radius 1 is 0.200 bits per heavy atom. The van der Waals surface area contributed by atoms with Gasteiger partial charge in [-0.3, -0.25) is 0 Å². The maximum absolute atomic E-state index is 2.44. The minimum atomic E-state index is 1.08. The fourth-order valence-corrected chi connectivity index (χ4v) is 9.71. The quantitative estimate of drug-likeness (QED) is 0.148. The van der Waals surface area contributed by atoms with Crippen LogP contribution in [0.15, 0.2) is 261 Å². The van der Waals surface area contributed by atoms with E-state index in [4.69, 9.17) is 0 Å². The van der Waals surface area contributed by atoms with E-state index in [1.54, 1.807) is 0 Å². The Hall–Kier alpha value is -8.52. The van der Waals surface area contributed by atoms with Gasteiger partial charge in [0.1, 0.15) is 0 Å². The second kappa shape index (κ2) is 16.3. The van der Waals surface area contributed by atoms with Gasteiger partial charge < -0.3 is 4.90 Å². The molecule has 0 aliphatic carbocycles. The summed E-state index contributed by atoms with van der Waals surface area (Å²) in [4.78, 5) is 2.44. The maximum atomic E-state index is 2.44. The summed E-state index contributed by atoms with van der Waals surface area (Å²) >= 11 is 0. The van der Waals surface area contributed by atoms with Crippen LogP contribution >= 0.6 is 0 Å². The number of benzene rings is 12. The van der Waals surface area contributed by atoms with Crippen molar-refractivity contribution in [2.24, 2.45) is 0 Å². The molecular weight excluding hydrogens is 783 g/mol. The van der Waals surface area contributed by atoms with Crippen molar-refractivity contribution in [3.8, 4) is 55.6 Å². The van der Waals surface area contributed by atoms with E-state index in [0.717, 1.165) is 28.2 Å². The topological polar surface area (TPSA) is 3.24 Å². The fraction of sp³-hybridized carbons (Fsp3) is 0. The SMILES string of the molecule is c1cc(-c2ccc(N(c3ccc(-c4cccc5ccccc45)cc3)c3cc(-c4ccc5ccccc5c4)ccc3-c3ccc4ccccc4c3)cc2)cc(-c2cccc3ccccc23)c1. The highest BCUT2D eigenvalue weighted by Gasteiger charge is 2.20. The van der Waals surface area contributed by atoms with Gasteiger partial charge in [0.15, 0.2) is 0 Å². The molecule has 0 heterocycles. The van der Waals surface area contributed by atoms with E-state index in [1.165, 1.54) is 87.6 Å². The van der Waals surface area contributed by atoms with Crippen LogP contribution in [-0.4, -0.2) is 0 Å². The van der Waals surface area contributed by atoms with Crippen molar-refractivity contribution in [1.29, 1.82) is 0 Å². The molecule has 0 fully saturated rings. The van der Waals surface area contributed by atoms with Crippen LogP contribution in [0.1, 0.15) is 0 Å². The standard InChI is InChI=1S/C64H43N/c1-3-16-50-40-53(28-26-44(50)12-1)54-34-39-63(56-29-27-45-13-2-4-17-51(45)42-56)64(43-54)65(58-37-32-49(33-38-58)61-24-10-18-47-14-5-7-22-59(47)61)57-35-30-46(31-36-57)52-20-9-21-55(41-52)62-25-11-19-48-15-6-8-23-60(48)62/h1-43H. The van der Waals surface area contributed by atoms with Crippen LogP contribution in [-0.2, 0) is 0 Å². The Bertz CT molecular complexity index is 3700. The first-order valence-electron chi connectivity index (χ1n) is 22.4. The zero-order chi connectivity index (χ0) is 43.1. The van der Waals surface area contributed by atoms with E-state index in [1.807, 2.05) is 0 Å². The molecule has 0 aliphatic heterocycles. The van der Waals surface area contributed by atoms with Crippen molar-refractivity contribution in [1.82, 2.24) is 0 Å². The Labute approximate surface area is 379 Å². The van der Waals surface area contributed by atoms with Crippen molar-refractivity contribution in [3.05, 3.63) is 261 Å². The van der Waals surface area contributed by atoms with Crippen LogP contribution in [0.5, 0.6) is 0 Å². The minimum absolute atomic E-state index is 1.08. The summed E-state index contributed by atoms with van der Waals surface area (Å²) in [6, 6.07) is 95.5. The first-order chi connectivity index (χ1) is 32.2.